The number of ether oxygens (including phenoxy) is 1. The number of methoxy groups -OCH3 is 1. The number of thiophene rings is 1. The number of carbonyl (C=O) groups excluding carboxylic acids is 3. The van der Waals surface area contributed by atoms with Gasteiger partial charge in [-0.3, -0.25) is 14.9 Å². The highest BCUT2D eigenvalue weighted by Gasteiger charge is 2.36. The fraction of sp³-hybridized carbons (Fsp3) is 0.0625. The summed E-state index contributed by atoms with van der Waals surface area (Å²) in [5, 5.41) is 4.02. The highest BCUT2D eigenvalue weighted by atomic mass is 32.1. The van der Waals surface area contributed by atoms with Gasteiger partial charge < -0.3 is 4.74 Å². The average molecular weight is 328 g/mol. The lowest BCUT2D eigenvalue weighted by atomic mass is 10.1. The van der Waals surface area contributed by atoms with Crippen molar-refractivity contribution < 1.29 is 19.1 Å². The molecule has 3 rings (SSSR count). The second kappa shape index (κ2) is 6.05. The largest absolute Gasteiger partial charge is 0.497 e. The van der Waals surface area contributed by atoms with Gasteiger partial charge in [-0.05, 0) is 29.7 Å². The fourth-order valence-electron chi connectivity index (χ4n) is 2.16. The van der Waals surface area contributed by atoms with E-state index in [4.69, 9.17) is 4.74 Å². The van der Waals surface area contributed by atoms with Crippen LogP contribution in [0.4, 0.5) is 10.5 Å². The number of imide groups is 2. The first kappa shape index (κ1) is 15.0. The first-order valence-corrected chi connectivity index (χ1v) is 7.57. The molecule has 0 spiro atoms. The van der Waals surface area contributed by atoms with Crippen LogP contribution in [0.3, 0.4) is 0 Å². The molecule has 7 heteroatoms. The molecule has 0 unspecified atom stereocenters. The van der Waals surface area contributed by atoms with Crippen LogP contribution in [0.25, 0.3) is 6.08 Å². The zero-order chi connectivity index (χ0) is 16.4. The molecular formula is C16H12N2O4S. The lowest BCUT2D eigenvalue weighted by Crippen LogP contribution is -2.54. The molecule has 0 radical (unpaired) electrons. The highest BCUT2D eigenvalue weighted by molar-refractivity contribution is 7.10. The third-order valence-electron chi connectivity index (χ3n) is 3.24. The van der Waals surface area contributed by atoms with E-state index in [-0.39, 0.29) is 5.57 Å². The van der Waals surface area contributed by atoms with Crippen molar-refractivity contribution in [2.45, 2.75) is 0 Å². The van der Waals surface area contributed by atoms with E-state index in [1.165, 1.54) is 24.5 Å². The van der Waals surface area contributed by atoms with E-state index in [2.05, 4.69) is 5.32 Å². The second-order valence-electron chi connectivity index (χ2n) is 4.67. The number of rotatable bonds is 3. The number of hydrogen-bond donors (Lipinski definition) is 1. The molecule has 1 aromatic heterocycles. The molecule has 0 aliphatic carbocycles. The summed E-state index contributed by atoms with van der Waals surface area (Å²) >= 11 is 1.39. The van der Waals surface area contributed by atoms with Gasteiger partial charge in [-0.15, -0.1) is 11.3 Å². The predicted molar refractivity (Wildman–Crippen MR) is 86.3 cm³/mol. The third-order valence-corrected chi connectivity index (χ3v) is 4.06. The van der Waals surface area contributed by atoms with Crippen LogP contribution < -0.4 is 15.0 Å². The van der Waals surface area contributed by atoms with Crippen LogP contribution in [-0.4, -0.2) is 25.0 Å². The first-order valence-electron chi connectivity index (χ1n) is 6.69. The van der Waals surface area contributed by atoms with Crippen LogP contribution in [-0.2, 0) is 9.59 Å². The summed E-state index contributed by atoms with van der Waals surface area (Å²) in [5.74, 6) is -0.864. The summed E-state index contributed by atoms with van der Waals surface area (Å²) in [7, 11) is 1.49. The van der Waals surface area contributed by atoms with Crippen molar-refractivity contribution in [2.75, 3.05) is 12.0 Å². The normalized spacial score (nSPS) is 16.7. The van der Waals surface area contributed by atoms with Crippen molar-refractivity contribution in [2.24, 2.45) is 0 Å². The van der Waals surface area contributed by atoms with E-state index in [0.717, 1.165) is 9.78 Å². The Kier molecular flexibility index (Phi) is 3.94. The summed E-state index contributed by atoms with van der Waals surface area (Å²) in [4.78, 5) is 38.3. The number of anilines is 1. The maximum atomic E-state index is 12.6. The van der Waals surface area contributed by atoms with Gasteiger partial charge in [0.05, 0.1) is 12.8 Å². The van der Waals surface area contributed by atoms with E-state index >= 15 is 0 Å². The van der Waals surface area contributed by atoms with Crippen molar-refractivity contribution in [1.29, 1.82) is 0 Å². The van der Waals surface area contributed by atoms with Crippen molar-refractivity contribution in [3.63, 3.8) is 0 Å². The number of benzene rings is 1. The van der Waals surface area contributed by atoms with Crippen LogP contribution in [0.15, 0.2) is 47.4 Å². The van der Waals surface area contributed by atoms with Crippen LogP contribution in [0.1, 0.15) is 4.88 Å². The van der Waals surface area contributed by atoms with Crippen LogP contribution >= 0.6 is 11.3 Å². The zero-order valence-corrected chi connectivity index (χ0v) is 12.9. The maximum Gasteiger partial charge on any atom is 0.335 e. The molecular weight excluding hydrogens is 316 g/mol. The lowest BCUT2D eigenvalue weighted by molar-refractivity contribution is -0.122. The molecule has 1 aromatic carbocycles. The van der Waals surface area contributed by atoms with Crippen LogP contribution in [0, 0.1) is 0 Å². The van der Waals surface area contributed by atoms with Gasteiger partial charge in [-0.2, -0.15) is 0 Å². The van der Waals surface area contributed by atoms with Gasteiger partial charge in [0.25, 0.3) is 11.8 Å². The molecule has 6 nitrogen and oxygen atoms in total. The SMILES string of the molecule is COc1cccc(N2C(=O)NC(=O)/C(=C\c3cccs3)C2=O)c1. The Balaban J connectivity index is 2.01. The quantitative estimate of drug-likeness (QED) is 0.693. The standard InChI is InChI=1S/C16H12N2O4S/c1-22-11-5-2-4-10(8-11)18-15(20)13(14(19)17-16(18)21)9-12-6-3-7-23-12/h2-9H,1H3,(H,17,19,21)/b13-9+. The number of hydrogen-bond acceptors (Lipinski definition) is 5. The molecule has 1 fully saturated rings. The van der Waals surface area contributed by atoms with Crippen molar-refractivity contribution in [3.8, 4) is 5.75 Å². The molecule has 23 heavy (non-hydrogen) atoms. The number of carbonyl (C=O) groups is 3. The molecule has 1 aliphatic heterocycles. The Hall–Kier alpha value is -2.93. The van der Waals surface area contributed by atoms with Gasteiger partial charge in [0.15, 0.2) is 0 Å². The maximum absolute atomic E-state index is 12.6. The van der Waals surface area contributed by atoms with Gasteiger partial charge >= 0.3 is 6.03 Å². The summed E-state index contributed by atoms with van der Waals surface area (Å²) in [6.07, 6.45) is 1.47. The molecule has 0 atom stereocenters. The van der Waals surface area contributed by atoms with E-state index in [1.807, 2.05) is 11.4 Å². The van der Waals surface area contributed by atoms with E-state index in [1.54, 1.807) is 30.3 Å². The average Bonchev–Trinajstić information content (AvgIpc) is 3.04. The molecule has 1 N–H and O–H groups in total. The number of nitrogens with zero attached hydrogens (tertiary/aromatic N) is 1. The summed E-state index contributed by atoms with van der Waals surface area (Å²) in [6, 6.07) is 9.32. The molecule has 0 bridgehead atoms. The lowest BCUT2D eigenvalue weighted by Gasteiger charge is -2.26. The van der Waals surface area contributed by atoms with Gasteiger partial charge in [0, 0.05) is 10.9 Å². The van der Waals surface area contributed by atoms with E-state index < -0.39 is 17.8 Å². The third kappa shape index (κ3) is 2.86. The van der Waals surface area contributed by atoms with Crippen molar-refractivity contribution in [1.82, 2.24) is 5.32 Å². The Labute approximate surface area is 136 Å². The smallest absolute Gasteiger partial charge is 0.335 e. The zero-order valence-electron chi connectivity index (χ0n) is 12.1. The Morgan fingerprint density at radius 3 is 2.70 bits per heavy atom. The number of amides is 4. The molecule has 2 aromatic rings. The molecule has 4 amide bonds. The minimum absolute atomic E-state index is 0.0881. The van der Waals surface area contributed by atoms with Crippen molar-refractivity contribution >= 4 is 40.9 Å². The number of urea groups is 1. The molecule has 1 aliphatic rings. The van der Waals surface area contributed by atoms with E-state index in [0.29, 0.717) is 11.4 Å². The fourth-order valence-corrected chi connectivity index (χ4v) is 2.81. The minimum atomic E-state index is -0.781. The number of nitrogens with one attached hydrogen (secondary N) is 1. The summed E-state index contributed by atoms with van der Waals surface area (Å²) in [5.41, 5.74) is 0.242. The molecule has 2 heterocycles. The summed E-state index contributed by atoms with van der Waals surface area (Å²) in [6.45, 7) is 0. The second-order valence-corrected chi connectivity index (χ2v) is 5.65. The summed E-state index contributed by atoms with van der Waals surface area (Å²) < 4.78 is 5.10. The molecule has 0 saturated carbocycles. The van der Waals surface area contributed by atoms with E-state index in [9.17, 15) is 14.4 Å². The van der Waals surface area contributed by atoms with Gasteiger partial charge in [0.2, 0.25) is 0 Å². The molecule has 1 saturated heterocycles. The Bertz CT molecular complexity index is 811. The highest BCUT2D eigenvalue weighted by Crippen LogP contribution is 2.25. The number of barbiturate groups is 1. The Morgan fingerprint density at radius 2 is 2.00 bits per heavy atom. The minimum Gasteiger partial charge on any atom is -0.497 e. The van der Waals surface area contributed by atoms with Gasteiger partial charge in [0.1, 0.15) is 11.3 Å². The van der Waals surface area contributed by atoms with Crippen LogP contribution in [0.5, 0.6) is 5.75 Å². The van der Waals surface area contributed by atoms with Crippen molar-refractivity contribution in [3.05, 3.63) is 52.2 Å². The monoisotopic (exact) mass is 328 g/mol. The predicted octanol–water partition coefficient (Wildman–Crippen LogP) is 2.42. The van der Waals surface area contributed by atoms with Crippen LogP contribution in [0.2, 0.25) is 0 Å². The first-order chi connectivity index (χ1) is 11.1. The topological polar surface area (TPSA) is 75.7 Å². The van der Waals surface area contributed by atoms with Gasteiger partial charge in [-0.25, -0.2) is 9.69 Å². The van der Waals surface area contributed by atoms with Gasteiger partial charge in [-0.1, -0.05) is 12.1 Å². The Morgan fingerprint density at radius 1 is 1.17 bits per heavy atom. The molecule has 116 valence electrons.